The van der Waals surface area contributed by atoms with Crippen molar-refractivity contribution in [2.45, 2.75) is 19.0 Å². The van der Waals surface area contributed by atoms with Gasteiger partial charge in [-0.05, 0) is 35.4 Å². The molecule has 10 heteroatoms. The number of aromatic nitrogens is 2. The van der Waals surface area contributed by atoms with Crippen LogP contribution in [0.1, 0.15) is 32.0 Å². The first-order valence-corrected chi connectivity index (χ1v) is 11.7. The number of phenolic OH excluding ortho intramolecular Hbond substituents is 1. The average Bonchev–Trinajstić information content (AvgIpc) is 2.93. The molecule has 1 aromatic heterocycles. The van der Waals surface area contributed by atoms with Crippen LogP contribution >= 0.6 is 0 Å². The summed E-state index contributed by atoms with van der Waals surface area (Å²) in [5, 5.41) is 24.3. The molecular weight excluding hydrogens is 486 g/mol. The van der Waals surface area contributed by atoms with Crippen LogP contribution in [0.4, 0.5) is 5.82 Å². The zero-order chi connectivity index (χ0) is 27.1. The van der Waals surface area contributed by atoms with E-state index in [1.165, 1.54) is 18.3 Å². The van der Waals surface area contributed by atoms with Crippen LogP contribution in [0.5, 0.6) is 5.75 Å². The standard InChI is InChI=1S/C28H25N5O5/c29-25-24(27(36)33-22(28(37)38)13-17-9-11-21(34)12-10-17)32-23(16-30-25)19-7-4-8-20(14-19)26(35)31-15-18-5-2-1-3-6-18/h1-12,14,16,22,34H,13,15H2,(H2,29,30)(H,31,35)(H,33,36)(H,37,38)/t22-/m0/s1. The predicted octanol–water partition coefficient (Wildman–Crippen LogP) is 2.79. The van der Waals surface area contributed by atoms with Crippen molar-refractivity contribution < 1.29 is 24.6 Å². The highest BCUT2D eigenvalue weighted by Crippen LogP contribution is 2.20. The molecule has 6 N–H and O–H groups in total. The number of nitrogen functional groups attached to an aromatic ring is 1. The molecule has 10 nitrogen and oxygen atoms in total. The lowest BCUT2D eigenvalue weighted by Gasteiger charge is -2.15. The Morgan fingerprint density at radius 1 is 0.895 bits per heavy atom. The van der Waals surface area contributed by atoms with Crippen LogP contribution in [0.25, 0.3) is 11.3 Å². The number of nitrogens with zero attached hydrogens (tertiary/aromatic N) is 2. The lowest BCUT2D eigenvalue weighted by molar-refractivity contribution is -0.139. The lowest BCUT2D eigenvalue weighted by Crippen LogP contribution is -2.43. The number of benzene rings is 3. The van der Waals surface area contributed by atoms with Gasteiger partial charge in [-0.1, -0.05) is 54.6 Å². The number of anilines is 1. The summed E-state index contributed by atoms with van der Waals surface area (Å²) in [7, 11) is 0. The second kappa shape index (κ2) is 11.7. The summed E-state index contributed by atoms with van der Waals surface area (Å²) in [5.74, 6) is -2.46. The first-order chi connectivity index (χ1) is 18.3. The molecule has 0 saturated carbocycles. The number of rotatable bonds is 9. The maximum atomic E-state index is 12.9. The van der Waals surface area contributed by atoms with Gasteiger partial charge in [0, 0.05) is 24.1 Å². The van der Waals surface area contributed by atoms with Crippen molar-refractivity contribution in [2.24, 2.45) is 0 Å². The van der Waals surface area contributed by atoms with Gasteiger partial charge in [-0.15, -0.1) is 0 Å². The molecule has 0 saturated heterocycles. The van der Waals surface area contributed by atoms with Gasteiger partial charge in [-0.3, -0.25) is 9.59 Å². The second-order valence-electron chi connectivity index (χ2n) is 8.47. The van der Waals surface area contributed by atoms with E-state index in [9.17, 15) is 24.6 Å². The SMILES string of the molecule is Nc1ncc(-c2cccc(C(=O)NCc3ccccc3)c2)nc1C(=O)N[C@@H](Cc1ccc(O)cc1)C(=O)O. The van der Waals surface area contributed by atoms with Gasteiger partial charge in [-0.25, -0.2) is 14.8 Å². The quantitative estimate of drug-likeness (QED) is 0.229. The van der Waals surface area contributed by atoms with Crippen LogP contribution in [0.3, 0.4) is 0 Å². The number of phenols is 1. The number of nitrogens with one attached hydrogen (secondary N) is 2. The Morgan fingerprint density at radius 3 is 2.34 bits per heavy atom. The smallest absolute Gasteiger partial charge is 0.326 e. The Morgan fingerprint density at radius 2 is 1.63 bits per heavy atom. The molecule has 1 heterocycles. The Bertz CT molecular complexity index is 1460. The van der Waals surface area contributed by atoms with Gasteiger partial charge in [0.2, 0.25) is 0 Å². The molecule has 0 aliphatic rings. The number of amides is 2. The molecule has 0 unspecified atom stereocenters. The third-order valence-electron chi connectivity index (χ3n) is 5.71. The number of carbonyl (C=O) groups is 3. The fourth-order valence-electron chi connectivity index (χ4n) is 3.70. The van der Waals surface area contributed by atoms with Crippen molar-refractivity contribution in [3.05, 3.63) is 107 Å². The molecule has 0 aliphatic carbocycles. The van der Waals surface area contributed by atoms with Crippen molar-refractivity contribution >= 4 is 23.6 Å². The summed E-state index contributed by atoms with van der Waals surface area (Å²) in [5.41, 5.74) is 8.42. The Kier molecular flexibility index (Phi) is 7.92. The number of carbonyl (C=O) groups excluding carboxylic acids is 2. The van der Waals surface area contributed by atoms with Gasteiger partial charge >= 0.3 is 5.97 Å². The Balaban J connectivity index is 1.50. The number of hydrogen-bond donors (Lipinski definition) is 5. The summed E-state index contributed by atoms with van der Waals surface area (Å²) in [6, 6.07) is 20.9. The van der Waals surface area contributed by atoms with Gasteiger partial charge in [0.25, 0.3) is 11.8 Å². The van der Waals surface area contributed by atoms with Crippen LogP contribution in [-0.4, -0.2) is 44.0 Å². The highest BCUT2D eigenvalue weighted by atomic mass is 16.4. The maximum absolute atomic E-state index is 12.9. The molecule has 0 bridgehead atoms. The fourth-order valence-corrected chi connectivity index (χ4v) is 3.70. The number of nitrogens with two attached hydrogens (primary N) is 1. The minimum Gasteiger partial charge on any atom is -0.508 e. The molecule has 4 aromatic rings. The van der Waals surface area contributed by atoms with Gasteiger partial charge in [0.15, 0.2) is 11.5 Å². The van der Waals surface area contributed by atoms with Crippen LogP contribution in [0.2, 0.25) is 0 Å². The molecule has 4 rings (SSSR count). The first kappa shape index (κ1) is 25.8. The molecule has 0 radical (unpaired) electrons. The van der Waals surface area contributed by atoms with E-state index in [0.717, 1.165) is 5.56 Å². The Labute approximate surface area is 218 Å². The van der Waals surface area contributed by atoms with Crippen LogP contribution in [0.15, 0.2) is 85.1 Å². The van der Waals surface area contributed by atoms with Gasteiger partial charge in [0.05, 0.1) is 11.9 Å². The number of carboxylic acid groups (broad SMARTS) is 1. The molecule has 1 atom stereocenters. The number of aromatic hydroxyl groups is 1. The normalized spacial score (nSPS) is 11.4. The molecule has 192 valence electrons. The maximum Gasteiger partial charge on any atom is 0.326 e. The molecule has 3 aromatic carbocycles. The summed E-state index contributed by atoms with van der Waals surface area (Å²) >= 11 is 0. The molecule has 0 aliphatic heterocycles. The molecule has 0 spiro atoms. The van der Waals surface area contributed by atoms with Crippen molar-refractivity contribution in [3.63, 3.8) is 0 Å². The second-order valence-corrected chi connectivity index (χ2v) is 8.47. The van der Waals surface area contributed by atoms with E-state index in [0.29, 0.717) is 23.2 Å². The topological polar surface area (TPSA) is 168 Å². The average molecular weight is 512 g/mol. The van der Waals surface area contributed by atoms with Crippen LogP contribution in [0, 0.1) is 0 Å². The molecular formula is C28H25N5O5. The third kappa shape index (κ3) is 6.49. The van der Waals surface area contributed by atoms with Crippen molar-refractivity contribution in [3.8, 4) is 17.0 Å². The fraction of sp³-hybridized carbons (Fsp3) is 0.107. The first-order valence-electron chi connectivity index (χ1n) is 11.7. The number of aliphatic carboxylic acids is 1. The highest BCUT2D eigenvalue weighted by Gasteiger charge is 2.24. The Hall–Kier alpha value is -5.25. The lowest BCUT2D eigenvalue weighted by atomic mass is 10.1. The third-order valence-corrected chi connectivity index (χ3v) is 5.71. The van der Waals surface area contributed by atoms with Crippen molar-refractivity contribution in [1.29, 1.82) is 0 Å². The van der Waals surface area contributed by atoms with E-state index in [-0.39, 0.29) is 35.3 Å². The summed E-state index contributed by atoms with van der Waals surface area (Å²) in [6.45, 7) is 0.366. The van der Waals surface area contributed by atoms with E-state index in [1.807, 2.05) is 30.3 Å². The number of carboxylic acids is 1. The van der Waals surface area contributed by atoms with Gasteiger partial charge < -0.3 is 26.6 Å². The van der Waals surface area contributed by atoms with Gasteiger partial charge in [-0.2, -0.15) is 0 Å². The van der Waals surface area contributed by atoms with Crippen LogP contribution < -0.4 is 16.4 Å². The van der Waals surface area contributed by atoms with Crippen LogP contribution in [-0.2, 0) is 17.8 Å². The van der Waals surface area contributed by atoms with E-state index in [2.05, 4.69) is 20.6 Å². The van der Waals surface area contributed by atoms with E-state index in [4.69, 9.17) is 5.73 Å². The molecule has 0 fully saturated rings. The highest BCUT2D eigenvalue weighted by molar-refractivity contribution is 5.99. The van der Waals surface area contributed by atoms with Gasteiger partial charge in [0.1, 0.15) is 11.8 Å². The van der Waals surface area contributed by atoms with Crippen molar-refractivity contribution in [1.82, 2.24) is 20.6 Å². The van der Waals surface area contributed by atoms with E-state index >= 15 is 0 Å². The molecule has 2 amide bonds. The van der Waals surface area contributed by atoms with E-state index in [1.54, 1.807) is 36.4 Å². The van der Waals surface area contributed by atoms with Crippen molar-refractivity contribution in [2.75, 3.05) is 5.73 Å². The minimum atomic E-state index is -1.27. The number of hydrogen-bond acceptors (Lipinski definition) is 7. The summed E-state index contributed by atoms with van der Waals surface area (Å²) in [4.78, 5) is 45.8. The monoisotopic (exact) mass is 511 g/mol. The zero-order valence-electron chi connectivity index (χ0n) is 20.2. The molecule has 38 heavy (non-hydrogen) atoms. The predicted molar refractivity (Wildman–Crippen MR) is 140 cm³/mol. The zero-order valence-corrected chi connectivity index (χ0v) is 20.2. The minimum absolute atomic E-state index is 0.0193. The summed E-state index contributed by atoms with van der Waals surface area (Å²) < 4.78 is 0. The summed E-state index contributed by atoms with van der Waals surface area (Å²) in [6.07, 6.45) is 1.35. The van der Waals surface area contributed by atoms with E-state index < -0.39 is 17.9 Å². The largest absolute Gasteiger partial charge is 0.508 e.